The van der Waals surface area contributed by atoms with Gasteiger partial charge in [0.1, 0.15) is 0 Å². The van der Waals surface area contributed by atoms with Crippen LogP contribution >= 0.6 is 11.3 Å². The highest BCUT2D eigenvalue weighted by Gasteiger charge is 2.30. The summed E-state index contributed by atoms with van der Waals surface area (Å²) < 4.78 is 23.2. The third-order valence-electron chi connectivity index (χ3n) is 3.07. The predicted octanol–water partition coefficient (Wildman–Crippen LogP) is 0.514. The zero-order valence-electron chi connectivity index (χ0n) is 9.89. The number of hydrogen-bond donors (Lipinski definition) is 2. The Bertz CT molecular complexity index is 536. The number of carbonyl (C=O) groups excluding carboxylic acids is 1. The Labute approximate surface area is 110 Å². The summed E-state index contributed by atoms with van der Waals surface area (Å²) in [6, 6.07) is 1.74. The van der Waals surface area contributed by atoms with E-state index in [1.165, 1.54) is 11.3 Å². The Morgan fingerprint density at radius 2 is 2.33 bits per heavy atom. The number of sulfone groups is 1. The lowest BCUT2D eigenvalue weighted by atomic mass is 10.2. The molecule has 0 spiro atoms. The van der Waals surface area contributed by atoms with Gasteiger partial charge in [-0.15, -0.1) is 11.3 Å². The number of primary amides is 1. The van der Waals surface area contributed by atoms with Crippen molar-refractivity contribution in [2.24, 2.45) is 5.73 Å². The maximum absolute atomic E-state index is 11.6. The maximum Gasteiger partial charge on any atom is 0.249 e. The molecule has 7 heteroatoms. The molecule has 100 valence electrons. The summed E-state index contributed by atoms with van der Waals surface area (Å²) >= 11 is 1.45. The molecule has 1 aromatic heterocycles. The van der Waals surface area contributed by atoms with Crippen LogP contribution in [0.4, 0.5) is 0 Å². The molecule has 1 amide bonds. The minimum Gasteiger partial charge on any atom is -0.366 e. The minimum absolute atomic E-state index is 0.256. The van der Waals surface area contributed by atoms with E-state index in [4.69, 9.17) is 5.73 Å². The molecule has 1 aliphatic rings. The minimum atomic E-state index is -2.88. The topological polar surface area (TPSA) is 89.3 Å². The summed E-state index contributed by atoms with van der Waals surface area (Å²) in [4.78, 5) is 11.9. The Kier molecular flexibility index (Phi) is 4.04. The molecule has 0 aliphatic carbocycles. The fourth-order valence-electron chi connectivity index (χ4n) is 2.05. The highest BCUT2D eigenvalue weighted by molar-refractivity contribution is 7.92. The number of thiophene rings is 1. The van der Waals surface area contributed by atoms with Gasteiger partial charge in [0.05, 0.1) is 16.6 Å². The number of amides is 1. The Morgan fingerprint density at radius 1 is 1.56 bits per heavy atom. The van der Waals surface area contributed by atoms with Crippen LogP contribution in [0.1, 0.15) is 28.1 Å². The molecule has 18 heavy (non-hydrogen) atoms. The van der Waals surface area contributed by atoms with E-state index in [0.717, 1.165) is 17.7 Å². The molecule has 5 nitrogen and oxygen atoms in total. The van der Waals surface area contributed by atoms with Gasteiger partial charge in [-0.3, -0.25) is 4.79 Å². The Balaban J connectivity index is 1.83. The maximum atomic E-state index is 11.6. The van der Waals surface area contributed by atoms with Crippen LogP contribution in [-0.4, -0.2) is 31.9 Å². The highest BCUT2D eigenvalue weighted by atomic mass is 32.2. The predicted molar refractivity (Wildman–Crippen MR) is 71.4 cm³/mol. The molecule has 0 aromatic carbocycles. The largest absolute Gasteiger partial charge is 0.366 e. The second-order valence-corrected chi connectivity index (χ2v) is 7.82. The molecular weight excluding hydrogens is 272 g/mol. The first-order valence-corrected chi connectivity index (χ1v) is 8.38. The Morgan fingerprint density at radius 3 is 2.89 bits per heavy atom. The molecule has 1 saturated heterocycles. The van der Waals surface area contributed by atoms with Gasteiger partial charge in [-0.05, 0) is 18.9 Å². The van der Waals surface area contributed by atoms with E-state index < -0.39 is 15.7 Å². The second kappa shape index (κ2) is 5.38. The van der Waals surface area contributed by atoms with Crippen molar-refractivity contribution in [3.05, 3.63) is 21.9 Å². The van der Waals surface area contributed by atoms with E-state index in [-0.39, 0.29) is 5.25 Å². The van der Waals surface area contributed by atoms with E-state index in [2.05, 4.69) is 5.32 Å². The number of carbonyl (C=O) groups is 1. The normalized spacial score (nSPS) is 22.1. The van der Waals surface area contributed by atoms with Crippen LogP contribution in [-0.2, 0) is 16.4 Å². The fraction of sp³-hybridized carbons (Fsp3) is 0.545. The third-order valence-corrected chi connectivity index (χ3v) is 6.28. The van der Waals surface area contributed by atoms with Crippen LogP contribution in [0.5, 0.6) is 0 Å². The standard InChI is InChI=1S/C11H16N2O3S2/c12-11(14)8-4-9(17-7-8)5-13-6-10-2-1-3-18(10,15)16/h4,7,10,13H,1-3,5-6H2,(H2,12,14). The van der Waals surface area contributed by atoms with Crippen LogP contribution in [0.3, 0.4) is 0 Å². The van der Waals surface area contributed by atoms with Crippen molar-refractivity contribution in [1.29, 1.82) is 0 Å². The van der Waals surface area contributed by atoms with Gasteiger partial charge in [-0.1, -0.05) is 0 Å². The molecule has 0 saturated carbocycles. The van der Waals surface area contributed by atoms with E-state index >= 15 is 0 Å². The summed E-state index contributed by atoms with van der Waals surface area (Å²) in [6.45, 7) is 1.05. The van der Waals surface area contributed by atoms with Crippen molar-refractivity contribution in [1.82, 2.24) is 5.32 Å². The average molecular weight is 288 g/mol. The van der Waals surface area contributed by atoms with Gasteiger partial charge in [0.2, 0.25) is 5.91 Å². The van der Waals surface area contributed by atoms with E-state index in [1.807, 2.05) is 0 Å². The fourth-order valence-corrected chi connectivity index (χ4v) is 4.69. The van der Waals surface area contributed by atoms with Crippen molar-refractivity contribution in [2.75, 3.05) is 12.3 Å². The summed E-state index contributed by atoms with van der Waals surface area (Å²) in [6.07, 6.45) is 1.51. The highest BCUT2D eigenvalue weighted by Crippen LogP contribution is 2.19. The summed E-state index contributed by atoms with van der Waals surface area (Å²) in [5.41, 5.74) is 5.66. The van der Waals surface area contributed by atoms with Gasteiger partial charge in [-0.2, -0.15) is 0 Å². The molecule has 2 rings (SSSR count). The molecule has 1 aliphatic heterocycles. The van der Waals surface area contributed by atoms with E-state index in [0.29, 0.717) is 24.4 Å². The van der Waals surface area contributed by atoms with Gasteiger partial charge in [-0.25, -0.2) is 8.42 Å². The zero-order valence-corrected chi connectivity index (χ0v) is 11.5. The number of nitrogens with one attached hydrogen (secondary N) is 1. The number of hydrogen-bond acceptors (Lipinski definition) is 5. The van der Waals surface area contributed by atoms with Gasteiger partial charge >= 0.3 is 0 Å². The Hall–Kier alpha value is -0.920. The summed E-state index contributed by atoms with van der Waals surface area (Å²) in [7, 11) is -2.88. The molecule has 3 N–H and O–H groups in total. The first-order chi connectivity index (χ1) is 8.49. The molecular formula is C11H16N2O3S2. The molecule has 1 fully saturated rings. The zero-order chi connectivity index (χ0) is 13.2. The summed E-state index contributed by atoms with van der Waals surface area (Å²) in [5, 5.41) is 4.59. The van der Waals surface area contributed by atoms with Gasteiger partial charge in [0.25, 0.3) is 0 Å². The molecule has 1 atom stereocenters. The molecule has 1 aromatic rings. The monoisotopic (exact) mass is 288 g/mol. The molecule has 0 radical (unpaired) electrons. The van der Waals surface area contributed by atoms with Gasteiger partial charge in [0.15, 0.2) is 9.84 Å². The molecule has 1 unspecified atom stereocenters. The quantitative estimate of drug-likeness (QED) is 0.826. The average Bonchev–Trinajstić information content (AvgIpc) is 2.86. The molecule has 2 heterocycles. The first-order valence-electron chi connectivity index (χ1n) is 5.78. The van der Waals surface area contributed by atoms with Crippen molar-refractivity contribution in [2.45, 2.75) is 24.6 Å². The van der Waals surface area contributed by atoms with Crippen LogP contribution in [0, 0.1) is 0 Å². The lowest BCUT2D eigenvalue weighted by Crippen LogP contribution is -2.29. The smallest absolute Gasteiger partial charge is 0.249 e. The van der Waals surface area contributed by atoms with Crippen LogP contribution in [0.15, 0.2) is 11.4 Å². The van der Waals surface area contributed by atoms with E-state index in [1.54, 1.807) is 11.4 Å². The number of nitrogens with two attached hydrogens (primary N) is 1. The van der Waals surface area contributed by atoms with Crippen LogP contribution < -0.4 is 11.1 Å². The third kappa shape index (κ3) is 3.09. The second-order valence-electron chi connectivity index (χ2n) is 4.43. The van der Waals surface area contributed by atoms with Crippen LogP contribution in [0.2, 0.25) is 0 Å². The van der Waals surface area contributed by atoms with Crippen molar-refractivity contribution in [3.8, 4) is 0 Å². The van der Waals surface area contributed by atoms with Crippen molar-refractivity contribution >= 4 is 27.1 Å². The number of rotatable bonds is 5. The summed E-state index contributed by atoms with van der Waals surface area (Å²) in [5.74, 6) is -0.125. The van der Waals surface area contributed by atoms with Crippen molar-refractivity contribution < 1.29 is 13.2 Å². The van der Waals surface area contributed by atoms with Gasteiger partial charge in [0, 0.05) is 23.3 Å². The lowest BCUT2D eigenvalue weighted by Gasteiger charge is -2.09. The van der Waals surface area contributed by atoms with Crippen molar-refractivity contribution in [3.63, 3.8) is 0 Å². The molecule has 0 bridgehead atoms. The SMILES string of the molecule is NC(=O)c1csc(CNCC2CCCS2(=O)=O)c1. The first kappa shape index (κ1) is 13.5. The van der Waals surface area contributed by atoms with Gasteiger partial charge < -0.3 is 11.1 Å². The van der Waals surface area contributed by atoms with Crippen LogP contribution in [0.25, 0.3) is 0 Å². The van der Waals surface area contributed by atoms with E-state index in [9.17, 15) is 13.2 Å². The lowest BCUT2D eigenvalue weighted by molar-refractivity contribution is 0.100.